The second kappa shape index (κ2) is 4.56. The van der Waals surface area contributed by atoms with E-state index in [0.29, 0.717) is 9.87 Å². The fraction of sp³-hybridized carbons (Fsp3) is 0.143. The summed E-state index contributed by atoms with van der Waals surface area (Å²) in [7, 11) is -2.18. The van der Waals surface area contributed by atoms with Gasteiger partial charge in [0.2, 0.25) is 0 Å². The first-order chi connectivity index (χ1) is 9.91. The van der Waals surface area contributed by atoms with Crippen LogP contribution in [-0.2, 0) is 17.1 Å². The van der Waals surface area contributed by atoms with Gasteiger partial charge in [0.1, 0.15) is 11.4 Å². The van der Waals surface area contributed by atoms with Gasteiger partial charge in [-0.2, -0.15) is 0 Å². The number of sulfonamides is 1. The number of carbonyl (C=O) groups is 2. The van der Waals surface area contributed by atoms with Crippen molar-refractivity contribution in [1.29, 1.82) is 0 Å². The molecule has 0 saturated heterocycles. The smallest absolute Gasteiger partial charge is 0.269 e. The molecule has 0 spiro atoms. The molecular weight excluding hydrogens is 292 g/mol. The molecule has 1 aromatic heterocycles. The zero-order valence-corrected chi connectivity index (χ0v) is 12.0. The fourth-order valence-electron chi connectivity index (χ4n) is 2.28. The van der Waals surface area contributed by atoms with E-state index in [1.54, 1.807) is 42.2 Å². The molecule has 21 heavy (non-hydrogen) atoms. The van der Waals surface area contributed by atoms with Gasteiger partial charge >= 0.3 is 0 Å². The summed E-state index contributed by atoms with van der Waals surface area (Å²) in [5.74, 6) is -1.07. The van der Waals surface area contributed by atoms with Crippen LogP contribution in [0.3, 0.4) is 0 Å². The molecule has 0 bridgehead atoms. The number of aromatic nitrogens is 1. The number of carbonyl (C=O) groups excluding carboxylic acids is 2. The van der Waals surface area contributed by atoms with Crippen LogP contribution in [0.4, 0.5) is 0 Å². The van der Waals surface area contributed by atoms with Gasteiger partial charge in [-0.05, 0) is 18.2 Å². The molecule has 1 aliphatic rings. The summed E-state index contributed by atoms with van der Waals surface area (Å²) in [5, 5.41) is 0. The lowest BCUT2D eigenvalue weighted by atomic mass is 10.2. The van der Waals surface area contributed by atoms with E-state index in [1.807, 2.05) is 0 Å². The molecule has 0 N–H and O–H groups in total. The van der Waals surface area contributed by atoms with Gasteiger partial charge in [0, 0.05) is 25.0 Å². The third-order valence-electron chi connectivity index (χ3n) is 3.35. The van der Waals surface area contributed by atoms with E-state index >= 15 is 0 Å². The zero-order valence-electron chi connectivity index (χ0n) is 11.2. The summed E-state index contributed by atoms with van der Waals surface area (Å²) in [6, 6.07) is 7.54. The van der Waals surface area contributed by atoms with Gasteiger partial charge in [-0.25, -0.2) is 12.7 Å². The number of rotatable bonds is 3. The Hall–Kier alpha value is -2.41. The van der Waals surface area contributed by atoms with Gasteiger partial charge in [-0.15, -0.1) is 0 Å². The summed E-state index contributed by atoms with van der Waals surface area (Å²) >= 11 is 0. The molecule has 0 radical (unpaired) electrons. The van der Waals surface area contributed by atoms with Crippen LogP contribution in [0.2, 0.25) is 0 Å². The molecule has 3 rings (SSSR count). The maximum absolute atomic E-state index is 12.3. The summed E-state index contributed by atoms with van der Waals surface area (Å²) in [6.45, 7) is -0.486. The Morgan fingerprint density at radius 2 is 1.90 bits per heavy atom. The van der Waals surface area contributed by atoms with Crippen LogP contribution < -0.4 is 0 Å². The van der Waals surface area contributed by atoms with Crippen LogP contribution in [0.5, 0.6) is 0 Å². The Kier molecular flexibility index (Phi) is 2.94. The quantitative estimate of drug-likeness (QED) is 0.794. The monoisotopic (exact) mass is 304 g/mol. The second-order valence-corrected chi connectivity index (χ2v) is 6.63. The zero-order chi connectivity index (χ0) is 15.2. The second-order valence-electron chi connectivity index (χ2n) is 4.80. The fourth-order valence-corrected chi connectivity index (χ4v) is 3.80. The number of Topliss-reactive ketones (excluding diaryl/α,β-unsaturated/α-hetero) is 1. The van der Waals surface area contributed by atoms with Crippen molar-refractivity contribution in [2.45, 2.75) is 4.90 Å². The number of hydrogen-bond acceptors (Lipinski definition) is 4. The lowest BCUT2D eigenvalue weighted by Crippen LogP contribution is -2.35. The maximum Gasteiger partial charge on any atom is 0.269 e. The summed E-state index contributed by atoms with van der Waals surface area (Å²) in [4.78, 5) is 24.3. The normalized spacial score (nSPS) is 16.0. The van der Waals surface area contributed by atoms with E-state index in [4.69, 9.17) is 0 Å². The van der Waals surface area contributed by atoms with Crippen molar-refractivity contribution in [1.82, 2.24) is 8.87 Å². The van der Waals surface area contributed by atoms with E-state index < -0.39 is 28.3 Å². The molecule has 0 saturated carbocycles. The highest BCUT2D eigenvalue weighted by Crippen LogP contribution is 2.29. The standard InChI is InChI=1S/C14H12N2O4S/c1-15-7-6-10(8-15)12(17)9-16-14(18)11-4-2-3-5-13(11)21(16,19)20/h2-8H,9H2,1H3. The Bertz CT molecular complexity index is 851. The predicted octanol–water partition coefficient (Wildman–Crippen LogP) is 1.05. The topological polar surface area (TPSA) is 76.5 Å². The minimum absolute atomic E-state index is 0.0455. The van der Waals surface area contributed by atoms with Gasteiger partial charge < -0.3 is 4.57 Å². The van der Waals surface area contributed by atoms with Crippen LogP contribution in [0.15, 0.2) is 47.6 Å². The van der Waals surface area contributed by atoms with Gasteiger partial charge in [0.05, 0.1) is 5.56 Å². The molecule has 1 amide bonds. The predicted molar refractivity (Wildman–Crippen MR) is 74.4 cm³/mol. The molecule has 2 heterocycles. The molecular formula is C14H12N2O4S. The van der Waals surface area contributed by atoms with Crippen LogP contribution in [-0.4, -0.2) is 35.5 Å². The first-order valence-electron chi connectivity index (χ1n) is 6.22. The van der Waals surface area contributed by atoms with Gasteiger partial charge in [-0.1, -0.05) is 12.1 Å². The number of amides is 1. The molecule has 0 aliphatic carbocycles. The van der Waals surface area contributed by atoms with E-state index in [2.05, 4.69) is 0 Å². The van der Waals surface area contributed by atoms with E-state index in [0.717, 1.165) is 0 Å². The molecule has 1 aliphatic heterocycles. The van der Waals surface area contributed by atoms with Crippen molar-refractivity contribution < 1.29 is 18.0 Å². The molecule has 1 aromatic carbocycles. The summed E-state index contributed by atoms with van der Waals surface area (Å²) < 4.78 is 26.9. The average Bonchev–Trinajstić information content (AvgIpc) is 2.96. The Labute approximate surface area is 121 Å². The molecule has 7 heteroatoms. The van der Waals surface area contributed by atoms with Crippen molar-refractivity contribution in [3.8, 4) is 0 Å². The lowest BCUT2D eigenvalue weighted by Gasteiger charge is -2.13. The molecule has 2 aromatic rings. The lowest BCUT2D eigenvalue weighted by molar-refractivity contribution is 0.0820. The maximum atomic E-state index is 12.3. The van der Waals surface area contributed by atoms with Crippen LogP contribution in [0.25, 0.3) is 0 Å². The van der Waals surface area contributed by atoms with E-state index in [-0.39, 0.29) is 10.5 Å². The minimum atomic E-state index is -3.94. The van der Waals surface area contributed by atoms with E-state index in [1.165, 1.54) is 12.1 Å². The summed E-state index contributed by atoms with van der Waals surface area (Å²) in [6.07, 6.45) is 3.27. The van der Waals surface area contributed by atoms with E-state index in [9.17, 15) is 18.0 Å². The number of nitrogens with zero attached hydrogens (tertiary/aromatic N) is 2. The molecule has 6 nitrogen and oxygen atoms in total. The molecule has 0 unspecified atom stereocenters. The van der Waals surface area contributed by atoms with Crippen molar-refractivity contribution in [3.63, 3.8) is 0 Å². The number of fused-ring (bicyclic) bond motifs is 1. The van der Waals surface area contributed by atoms with Crippen molar-refractivity contribution in [2.24, 2.45) is 7.05 Å². The number of hydrogen-bond donors (Lipinski definition) is 0. The minimum Gasteiger partial charge on any atom is -0.357 e. The van der Waals surface area contributed by atoms with Crippen LogP contribution >= 0.6 is 0 Å². The van der Waals surface area contributed by atoms with Gasteiger partial charge in [0.15, 0.2) is 5.78 Å². The number of benzene rings is 1. The van der Waals surface area contributed by atoms with Crippen molar-refractivity contribution >= 4 is 21.7 Å². The highest BCUT2D eigenvalue weighted by molar-refractivity contribution is 7.90. The van der Waals surface area contributed by atoms with Crippen LogP contribution in [0, 0.1) is 0 Å². The van der Waals surface area contributed by atoms with Gasteiger partial charge in [-0.3, -0.25) is 9.59 Å². The summed E-state index contributed by atoms with van der Waals surface area (Å²) in [5.41, 5.74) is 0.481. The van der Waals surface area contributed by atoms with Gasteiger partial charge in [0.25, 0.3) is 15.9 Å². The van der Waals surface area contributed by atoms with Crippen LogP contribution in [0.1, 0.15) is 20.7 Å². The first-order valence-corrected chi connectivity index (χ1v) is 7.66. The molecule has 108 valence electrons. The first kappa shape index (κ1) is 13.6. The third kappa shape index (κ3) is 2.06. The highest BCUT2D eigenvalue weighted by Gasteiger charge is 2.41. The average molecular weight is 304 g/mol. The number of ketones is 1. The van der Waals surface area contributed by atoms with Crippen molar-refractivity contribution in [3.05, 3.63) is 53.9 Å². The Balaban J connectivity index is 1.94. The third-order valence-corrected chi connectivity index (χ3v) is 5.14. The molecule has 0 fully saturated rings. The number of aryl methyl sites for hydroxylation is 1. The highest BCUT2D eigenvalue weighted by atomic mass is 32.2. The van der Waals surface area contributed by atoms with Crippen molar-refractivity contribution in [2.75, 3.05) is 6.54 Å². The Morgan fingerprint density at radius 3 is 2.52 bits per heavy atom. The largest absolute Gasteiger partial charge is 0.357 e. The molecule has 0 atom stereocenters. The Morgan fingerprint density at radius 1 is 1.19 bits per heavy atom. The SMILES string of the molecule is Cn1ccc(C(=O)CN2C(=O)c3ccccc3S2(=O)=O)c1.